The smallest absolute Gasteiger partial charge is 0.142 e. The molecule has 0 spiro atoms. The summed E-state index contributed by atoms with van der Waals surface area (Å²) >= 11 is 7.42. The fraction of sp³-hybridized carbons (Fsp3) is 0.333. The molecule has 0 fully saturated rings. The van der Waals surface area contributed by atoms with Gasteiger partial charge in [0.15, 0.2) is 0 Å². The van der Waals surface area contributed by atoms with E-state index in [0.29, 0.717) is 12.6 Å². The van der Waals surface area contributed by atoms with Gasteiger partial charge >= 0.3 is 0 Å². The molecular formula is C15H18ClFN2S. The Kier molecular flexibility index (Phi) is 5.54. The third-order valence-corrected chi connectivity index (χ3v) is 4.43. The molecule has 20 heavy (non-hydrogen) atoms. The van der Waals surface area contributed by atoms with Crippen molar-refractivity contribution < 1.29 is 4.39 Å². The van der Waals surface area contributed by atoms with E-state index in [9.17, 15) is 4.39 Å². The number of likely N-dealkylation sites (N-methyl/N-ethyl adjacent to an activating group) is 1. The van der Waals surface area contributed by atoms with Crippen molar-refractivity contribution in [2.24, 2.45) is 0 Å². The van der Waals surface area contributed by atoms with Gasteiger partial charge in [-0.05, 0) is 43.2 Å². The van der Waals surface area contributed by atoms with Crippen molar-refractivity contribution in [1.82, 2.24) is 10.2 Å². The van der Waals surface area contributed by atoms with Crippen molar-refractivity contribution in [2.75, 3.05) is 20.6 Å². The van der Waals surface area contributed by atoms with Gasteiger partial charge in [0.05, 0.1) is 11.1 Å². The molecule has 5 heteroatoms. The van der Waals surface area contributed by atoms with Gasteiger partial charge < -0.3 is 10.2 Å². The maximum atomic E-state index is 13.4. The highest BCUT2D eigenvalue weighted by Crippen LogP contribution is 2.22. The highest BCUT2D eigenvalue weighted by molar-refractivity contribution is 7.10. The second-order valence-electron chi connectivity index (χ2n) is 4.87. The number of thiophene rings is 1. The van der Waals surface area contributed by atoms with Crippen LogP contribution in [0.1, 0.15) is 16.5 Å². The number of halogens is 2. The standard InChI is InChI=1S/C15H18ClFN2S/c1-19(2)14(15-4-3-7-20-15)10-18-9-11-5-6-12(16)13(17)8-11/h3-8,14,18H,9-10H2,1-2H3. The molecule has 2 aromatic rings. The molecule has 0 aliphatic rings. The third-order valence-electron chi connectivity index (χ3n) is 3.15. The van der Waals surface area contributed by atoms with Crippen LogP contribution in [0.2, 0.25) is 5.02 Å². The summed E-state index contributed by atoms with van der Waals surface area (Å²) in [5.74, 6) is -0.367. The number of benzene rings is 1. The monoisotopic (exact) mass is 312 g/mol. The number of nitrogens with one attached hydrogen (secondary N) is 1. The van der Waals surface area contributed by atoms with Crippen LogP contribution in [0.5, 0.6) is 0 Å². The van der Waals surface area contributed by atoms with Gasteiger partial charge in [-0.25, -0.2) is 4.39 Å². The lowest BCUT2D eigenvalue weighted by Crippen LogP contribution is -2.30. The van der Waals surface area contributed by atoms with E-state index >= 15 is 0 Å². The normalized spacial score (nSPS) is 12.8. The first-order chi connectivity index (χ1) is 9.58. The Hall–Kier alpha value is -0.940. The Bertz CT molecular complexity index is 543. The van der Waals surface area contributed by atoms with Gasteiger partial charge in [-0.1, -0.05) is 23.7 Å². The van der Waals surface area contributed by atoms with E-state index in [1.807, 2.05) is 6.07 Å². The molecule has 0 saturated carbocycles. The molecule has 0 saturated heterocycles. The summed E-state index contributed by atoms with van der Waals surface area (Å²) in [7, 11) is 4.13. The molecule has 1 unspecified atom stereocenters. The van der Waals surface area contributed by atoms with Crippen molar-refractivity contribution >= 4 is 22.9 Å². The second kappa shape index (κ2) is 7.18. The quantitative estimate of drug-likeness (QED) is 0.869. The van der Waals surface area contributed by atoms with Crippen LogP contribution in [0.3, 0.4) is 0 Å². The SMILES string of the molecule is CN(C)C(CNCc1ccc(Cl)c(F)c1)c1cccs1. The Morgan fingerprint density at radius 1 is 1.35 bits per heavy atom. The molecule has 0 radical (unpaired) electrons. The molecule has 0 amide bonds. The predicted octanol–water partition coefficient (Wildman–Crippen LogP) is 3.93. The van der Waals surface area contributed by atoms with Crippen molar-refractivity contribution in [3.63, 3.8) is 0 Å². The highest BCUT2D eigenvalue weighted by atomic mass is 35.5. The van der Waals surface area contributed by atoms with Crippen molar-refractivity contribution in [3.05, 3.63) is 57.0 Å². The van der Waals surface area contributed by atoms with E-state index in [1.165, 1.54) is 10.9 Å². The van der Waals surface area contributed by atoms with Crippen molar-refractivity contribution in [1.29, 1.82) is 0 Å². The first-order valence-corrected chi connectivity index (χ1v) is 7.68. The molecule has 0 aliphatic carbocycles. The van der Waals surface area contributed by atoms with Gasteiger partial charge in [0.2, 0.25) is 0 Å². The maximum absolute atomic E-state index is 13.4. The van der Waals surface area contributed by atoms with Crippen LogP contribution in [-0.4, -0.2) is 25.5 Å². The molecule has 0 aliphatic heterocycles. The van der Waals surface area contributed by atoms with E-state index in [0.717, 1.165) is 12.1 Å². The first kappa shape index (κ1) is 15.4. The minimum Gasteiger partial charge on any atom is -0.311 e. The molecule has 1 heterocycles. The average Bonchev–Trinajstić information content (AvgIpc) is 2.92. The molecule has 2 nitrogen and oxygen atoms in total. The summed E-state index contributed by atoms with van der Waals surface area (Å²) in [5, 5.41) is 5.62. The fourth-order valence-electron chi connectivity index (χ4n) is 2.02. The first-order valence-electron chi connectivity index (χ1n) is 6.42. The molecule has 0 bridgehead atoms. The molecule has 1 aromatic heterocycles. The Morgan fingerprint density at radius 2 is 2.15 bits per heavy atom. The van der Waals surface area contributed by atoms with Crippen LogP contribution in [0.25, 0.3) is 0 Å². The van der Waals surface area contributed by atoms with Crippen molar-refractivity contribution in [3.8, 4) is 0 Å². The Morgan fingerprint density at radius 3 is 2.75 bits per heavy atom. The predicted molar refractivity (Wildman–Crippen MR) is 83.9 cm³/mol. The van der Waals surface area contributed by atoms with Gasteiger partial charge in [-0.15, -0.1) is 11.3 Å². The average molecular weight is 313 g/mol. The number of nitrogens with zero attached hydrogens (tertiary/aromatic N) is 1. The molecule has 2 rings (SSSR count). The molecule has 108 valence electrons. The van der Waals surface area contributed by atoms with E-state index in [4.69, 9.17) is 11.6 Å². The lowest BCUT2D eigenvalue weighted by atomic mass is 10.2. The summed E-state index contributed by atoms with van der Waals surface area (Å²) in [6, 6.07) is 9.44. The van der Waals surface area contributed by atoms with Gasteiger partial charge in [-0.3, -0.25) is 0 Å². The van der Waals surface area contributed by atoms with Crippen LogP contribution in [0, 0.1) is 5.82 Å². The molecule has 1 N–H and O–H groups in total. The summed E-state index contributed by atoms with van der Waals surface area (Å²) in [4.78, 5) is 3.51. The van der Waals surface area contributed by atoms with Gasteiger partial charge in [0.25, 0.3) is 0 Å². The van der Waals surface area contributed by atoms with E-state index in [1.54, 1.807) is 17.4 Å². The zero-order valence-electron chi connectivity index (χ0n) is 11.6. The summed E-state index contributed by atoms with van der Waals surface area (Å²) < 4.78 is 13.4. The van der Waals surface area contributed by atoms with E-state index in [2.05, 4.69) is 41.8 Å². The number of hydrogen-bond acceptors (Lipinski definition) is 3. The van der Waals surface area contributed by atoms with Crippen LogP contribution in [-0.2, 0) is 6.54 Å². The van der Waals surface area contributed by atoms with Crippen LogP contribution in [0.4, 0.5) is 4.39 Å². The fourth-order valence-corrected chi connectivity index (χ4v) is 3.06. The zero-order valence-corrected chi connectivity index (χ0v) is 13.1. The van der Waals surface area contributed by atoms with Crippen LogP contribution in [0.15, 0.2) is 35.7 Å². The minimum absolute atomic E-state index is 0.165. The lowest BCUT2D eigenvalue weighted by molar-refractivity contribution is 0.292. The van der Waals surface area contributed by atoms with E-state index in [-0.39, 0.29) is 10.8 Å². The Balaban J connectivity index is 1.92. The topological polar surface area (TPSA) is 15.3 Å². The number of hydrogen-bond donors (Lipinski definition) is 1. The van der Waals surface area contributed by atoms with Gasteiger partial charge in [0, 0.05) is 18.0 Å². The van der Waals surface area contributed by atoms with Crippen LogP contribution < -0.4 is 5.32 Å². The zero-order chi connectivity index (χ0) is 14.5. The summed E-state index contributed by atoms with van der Waals surface area (Å²) in [6.07, 6.45) is 0. The van der Waals surface area contributed by atoms with Gasteiger partial charge in [0.1, 0.15) is 5.82 Å². The summed E-state index contributed by atoms with van der Waals surface area (Å²) in [5.41, 5.74) is 0.899. The maximum Gasteiger partial charge on any atom is 0.142 e. The molecule has 1 atom stereocenters. The summed E-state index contributed by atoms with van der Waals surface area (Å²) in [6.45, 7) is 1.45. The molecular weight excluding hydrogens is 295 g/mol. The second-order valence-corrected chi connectivity index (χ2v) is 6.26. The highest BCUT2D eigenvalue weighted by Gasteiger charge is 2.14. The van der Waals surface area contributed by atoms with Gasteiger partial charge in [-0.2, -0.15) is 0 Å². The Labute approximate surface area is 128 Å². The van der Waals surface area contributed by atoms with E-state index < -0.39 is 0 Å². The lowest BCUT2D eigenvalue weighted by Gasteiger charge is -2.23. The third kappa shape index (κ3) is 4.03. The number of rotatable bonds is 6. The molecule has 1 aromatic carbocycles. The van der Waals surface area contributed by atoms with Crippen molar-refractivity contribution in [2.45, 2.75) is 12.6 Å². The largest absolute Gasteiger partial charge is 0.311 e. The van der Waals surface area contributed by atoms with Crippen LogP contribution >= 0.6 is 22.9 Å². The minimum atomic E-state index is -0.367.